The van der Waals surface area contributed by atoms with Crippen molar-refractivity contribution in [1.29, 1.82) is 0 Å². The first kappa shape index (κ1) is 27.3. The van der Waals surface area contributed by atoms with Crippen LogP contribution >= 0.6 is 0 Å². The maximum absolute atomic E-state index is 12.7. The van der Waals surface area contributed by atoms with Gasteiger partial charge >= 0.3 is 11.9 Å². The molecule has 0 aromatic rings. The van der Waals surface area contributed by atoms with Gasteiger partial charge in [-0.05, 0) is 45.1 Å². The van der Waals surface area contributed by atoms with Gasteiger partial charge in [-0.3, -0.25) is 19.2 Å². The van der Waals surface area contributed by atoms with Crippen molar-refractivity contribution < 1.29 is 39.3 Å². The molecule has 0 saturated carbocycles. The molecule has 1 aliphatic heterocycles. The van der Waals surface area contributed by atoms with E-state index in [4.69, 9.17) is 5.11 Å². The van der Waals surface area contributed by atoms with Crippen LogP contribution in [0, 0.1) is 5.92 Å². The predicted molar refractivity (Wildman–Crippen MR) is 112 cm³/mol. The molecule has 1 heterocycles. The number of carbonyl (C=O) groups excluding carboxylic acids is 3. The Balaban J connectivity index is 2.91. The fourth-order valence-corrected chi connectivity index (χ4v) is 3.33. The van der Waals surface area contributed by atoms with Crippen molar-refractivity contribution in [2.75, 3.05) is 6.54 Å². The molecule has 0 bridgehead atoms. The van der Waals surface area contributed by atoms with Crippen LogP contribution in [-0.2, 0) is 24.0 Å². The number of nitrogens with one attached hydrogen (secondary N) is 4. The van der Waals surface area contributed by atoms with E-state index in [1.54, 1.807) is 13.8 Å². The van der Waals surface area contributed by atoms with Gasteiger partial charge in [0, 0.05) is 6.42 Å². The molecule has 12 heteroatoms. The molecular formula is C20H34N4O8. The van der Waals surface area contributed by atoms with Crippen molar-refractivity contribution in [2.45, 2.75) is 83.1 Å². The zero-order valence-electron chi connectivity index (χ0n) is 18.6. The van der Waals surface area contributed by atoms with Crippen LogP contribution in [0.1, 0.15) is 52.9 Å². The van der Waals surface area contributed by atoms with E-state index in [9.17, 15) is 34.2 Å². The first-order valence-electron chi connectivity index (χ1n) is 10.7. The highest BCUT2D eigenvalue weighted by molar-refractivity contribution is 5.94. The molecule has 1 saturated heterocycles. The van der Waals surface area contributed by atoms with Crippen molar-refractivity contribution in [2.24, 2.45) is 5.92 Å². The molecule has 0 radical (unpaired) electrons. The Labute approximate surface area is 186 Å². The summed E-state index contributed by atoms with van der Waals surface area (Å²) in [5.74, 6) is -4.72. The summed E-state index contributed by atoms with van der Waals surface area (Å²) >= 11 is 0. The first-order chi connectivity index (χ1) is 14.9. The lowest BCUT2D eigenvalue weighted by molar-refractivity contribution is -0.143. The monoisotopic (exact) mass is 458 g/mol. The van der Waals surface area contributed by atoms with Gasteiger partial charge in [0.1, 0.15) is 18.1 Å². The van der Waals surface area contributed by atoms with Gasteiger partial charge in [0.25, 0.3) is 0 Å². The number of hydrogen-bond donors (Lipinski definition) is 7. The van der Waals surface area contributed by atoms with Crippen LogP contribution in [0.5, 0.6) is 0 Å². The minimum absolute atomic E-state index is 0.0394. The van der Waals surface area contributed by atoms with E-state index in [0.29, 0.717) is 13.0 Å². The van der Waals surface area contributed by atoms with E-state index in [2.05, 4.69) is 21.3 Å². The second kappa shape index (κ2) is 13.0. The normalized spacial score (nSPS) is 19.5. The number of rotatable bonds is 13. The van der Waals surface area contributed by atoms with Crippen LogP contribution < -0.4 is 21.3 Å². The average molecular weight is 459 g/mol. The Morgan fingerprint density at radius 2 is 1.59 bits per heavy atom. The second-order valence-corrected chi connectivity index (χ2v) is 8.40. The Hall–Kier alpha value is -2.73. The summed E-state index contributed by atoms with van der Waals surface area (Å²) in [6.07, 6.45) is -0.542. The fourth-order valence-electron chi connectivity index (χ4n) is 3.33. The zero-order valence-corrected chi connectivity index (χ0v) is 18.6. The van der Waals surface area contributed by atoms with E-state index < -0.39 is 66.4 Å². The minimum atomic E-state index is -1.38. The van der Waals surface area contributed by atoms with Crippen molar-refractivity contribution >= 4 is 29.7 Å². The van der Waals surface area contributed by atoms with Crippen molar-refractivity contribution in [3.63, 3.8) is 0 Å². The molecule has 12 nitrogen and oxygen atoms in total. The minimum Gasteiger partial charge on any atom is -0.481 e. The van der Waals surface area contributed by atoms with Crippen molar-refractivity contribution in [1.82, 2.24) is 21.3 Å². The molecule has 0 aliphatic carbocycles. The fraction of sp³-hybridized carbons (Fsp3) is 0.750. The topological polar surface area (TPSA) is 194 Å². The molecule has 7 N–H and O–H groups in total. The summed E-state index contributed by atoms with van der Waals surface area (Å²) < 4.78 is 0. The summed E-state index contributed by atoms with van der Waals surface area (Å²) in [5, 5.41) is 38.4. The molecule has 1 aliphatic rings. The quantitative estimate of drug-likeness (QED) is 0.173. The molecule has 5 atom stereocenters. The van der Waals surface area contributed by atoms with E-state index in [0.717, 1.165) is 6.42 Å². The van der Waals surface area contributed by atoms with E-state index in [-0.39, 0.29) is 18.8 Å². The molecule has 3 amide bonds. The number of aliphatic hydroxyl groups excluding tert-OH is 1. The Morgan fingerprint density at radius 3 is 2.06 bits per heavy atom. The van der Waals surface area contributed by atoms with Crippen LogP contribution in [0.3, 0.4) is 0 Å². The summed E-state index contributed by atoms with van der Waals surface area (Å²) in [4.78, 5) is 60.2. The third-order valence-electron chi connectivity index (χ3n) is 5.04. The van der Waals surface area contributed by atoms with Gasteiger partial charge in [-0.2, -0.15) is 0 Å². The van der Waals surface area contributed by atoms with Gasteiger partial charge < -0.3 is 36.6 Å². The van der Waals surface area contributed by atoms with Crippen molar-refractivity contribution in [3.8, 4) is 0 Å². The molecule has 0 aromatic heterocycles. The summed E-state index contributed by atoms with van der Waals surface area (Å²) in [7, 11) is 0. The number of hydrogen-bond acceptors (Lipinski definition) is 7. The zero-order chi connectivity index (χ0) is 24.4. The van der Waals surface area contributed by atoms with Crippen LogP contribution in [-0.4, -0.2) is 81.8 Å². The lowest BCUT2D eigenvalue weighted by Gasteiger charge is -2.26. The second-order valence-electron chi connectivity index (χ2n) is 8.40. The molecule has 1 fully saturated rings. The van der Waals surface area contributed by atoms with Gasteiger partial charge in [0.2, 0.25) is 17.7 Å². The lowest BCUT2D eigenvalue weighted by atomic mass is 10.0. The van der Waals surface area contributed by atoms with Crippen LogP contribution in [0.15, 0.2) is 0 Å². The van der Waals surface area contributed by atoms with Crippen molar-refractivity contribution in [3.05, 3.63) is 0 Å². The predicted octanol–water partition coefficient (Wildman–Crippen LogP) is -1.43. The third-order valence-corrected chi connectivity index (χ3v) is 5.04. The molecule has 182 valence electrons. The number of aliphatic hydroxyl groups is 1. The molecule has 0 spiro atoms. The largest absolute Gasteiger partial charge is 0.481 e. The molecule has 32 heavy (non-hydrogen) atoms. The third kappa shape index (κ3) is 9.18. The Bertz CT molecular complexity index is 691. The summed E-state index contributed by atoms with van der Waals surface area (Å²) in [6, 6.07) is -4.46. The van der Waals surface area contributed by atoms with Gasteiger partial charge in [0.05, 0.1) is 12.1 Å². The average Bonchev–Trinajstić information content (AvgIpc) is 3.22. The Kier molecular flexibility index (Phi) is 11.1. The highest BCUT2D eigenvalue weighted by Gasteiger charge is 2.33. The van der Waals surface area contributed by atoms with Gasteiger partial charge in [0.15, 0.2) is 0 Å². The van der Waals surface area contributed by atoms with Gasteiger partial charge in [-0.15, -0.1) is 0 Å². The van der Waals surface area contributed by atoms with Crippen LogP contribution in [0.2, 0.25) is 0 Å². The molecule has 5 unspecified atom stereocenters. The number of carboxylic acids is 2. The summed E-state index contributed by atoms with van der Waals surface area (Å²) in [6.45, 7) is 5.51. The first-order valence-corrected chi connectivity index (χ1v) is 10.7. The van der Waals surface area contributed by atoms with Crippen LogP contribution in [0.25, 0.3) is 0 Å². The van der Waals surface area contributed by atoms with E-state index in [1.807, 2.05) is 0 Å². The maximum atomic E-state index is 12.7. The Morgan fingerprint density at radius 1 is 0.969 bits per heavy atom. The lowest BCUT2D eigenvalue weighted by Crippen LogP contribution is -2.59. The number of carboxylic acid groups (broad SMARTS) is 2. The highest BCUT2D eigenvalue weighted by atomic mass is 16.4. The van der Waals surface area contributed by atoms with Gasteiger partial charge in [-0.1, -0.05) is 13.8 Å². The molecule has 1 rings (SSSR count). The van der Waals surface area contributed by atoms with Crippen LogP contribution in [0.4, 0.5) is 0 Å². The van der Waals surface area contributed by atoms with E-state index >= 15 is 0 Å². The standard InChI is InChI=1S/C20H34N4O8/c1-10(2)9-14(20(31)32)23-18(29)13(6-7-15(26)27)22-19(30)16(11(3)25)24-17(28)12-5-4-8-21-12/h10-14,16,21,25H,4-9H2,1-3H3,(H,22,30)(H,23,29)(H,24,28)(H,26,27)(H,31,32). The molecule has 0 aromatic carbocycles. The number of amides is 3. The number of aliphatic carboxylic acids is 2. The molecular weight excluding hydrogens is 424 g/mol. The van der Waals surface area contributed by atoms with Gasteiger partial charge in [-0.25, -0.2) is 4.79 Å². The SMILES string of the molecule is CC(C)CC(NC(=O)C(CCC(=O)O)NC(=O)C(NC(=O)C1CCCN1)C(C)O)C(=O)O. The number of carbonyl (C=O) groups is 5. The van der Waals surface area contributed by atoms with E-state index in [1.165, 1.54) is 6.92 Å². The summed E-state index contributed by atoms with van der Waals surface area (Å²) in [5.41, 5.74) is 0. The smallest absolute Gasteiger partial charge is 0.326 e. The highest BCUT2D eigenvalue weighted by Crippen LogP contribution is 2.09. The maximum Gasteiger partial charge on any atom is 0.326 e.